The van der Waals surface area contributed by atoms with E-state index in [1.165, 1.54) is 0 Å². The molecule has 1 aromatic carbocycles. The van der Waals surface area contributed by atoms with Crippen molar-refractivity contribution in [2.24, 2.45) is 0 Å². The Morgan fingerprint density at radius 1 is 1.31 bits per heavy atom. The van der Waals surface area contributed by atoms with Crippen LogP contribution in [0.15, 0.2) is 24.3 Å². The number of ether oxygens (including phenoxy) is 1. The van der Waals surface area contributed by atoms with Gasteiger partial charge in [-0.1, -0.05) is 19.1 Å². The monoisotopic (exact) mass is 218 g/mol. The quantitative estimate of drug-likeness (QED) is 0.735. The van der Waals surface area contributed by atoms with Gasteiger partial charge in [0.25, 0.3) is 0 Å². The van der Waals surface area contributed by atoms with Gasteiger partial charge in [-0.25, -0.2) is 0 Å². The van der Waals surface area contributed by atoms with Crippen LogP contribution in [0.3, 0.4) is 0 Å². The second-order valence-corrected chi connectivity index (χ2v) is 3.76. The number of hydrogen-bond donors (Lipinski definition) is 0. The number of para-hydroxylation sites is 1. The van der Waals surface area contributed by atoms with E-state index in [0.29, 0.717) is 17.9 Å². The summed E-state index contributed by atoms with van der Waals surface area (Å²) in [5.74, 6) is 0.676. The van der Waals surface area contributed by atoms with Gasteiger partial charge in [0, 0.05) is 6.54 Å². The third-order valence-electron chi connectivity index (χ3n) is 2.34. The SMILES string of the molecule is CCCN(C)CCOc1ccccc1C#N. The highest BCUT2D eigenvalue weighted by molar-refractivity contribution is 5.42. The van der Waals surface area contributed by atoms with Crippen LogP contribution in [-0.2, 0) is 0 Å². The Kier molecular flexibility index (Phi) is 5.38. The first-order valence-corrected chi connectivity index (χ1v) is 5.58. The zero-order valence-corrected chi connectivity index (χ0v) is 9.94. The Labute approximate surface area is 97.3 Å². The van der Waals surface area contributed by atoms with Crippen molar-refractivity contribution in [3.63, 3.8) is 0 Å². The molecule has 0 atom stereocenters. The first kappa shape index (κ1) is 12.5. The molecule has 0 aliphatic rings. The minimum atomic E-state index is 0.598. The van der Waals surface area contributed by atoms with Crippen LogP contribution in [0.2, 0.25) is 0 Å². The first-order valence-electron chi connectivity index (χ1n) is 5.58. The minimum absolute atomic E-state index is 0.598. The highest BCUT2D eigenvalue weighted by Crippen LogP contribution is 2.16. The summed E-state index contributed by atoms with van der Waals surface area (Å²) in [6.07, 6.45) is 1.14. The van der Waals surface area contributed by atoms with Gasteiger partial charge in [-0.3, -0.25) is 0 Å². The molecule has 0 radical (unpaired) electrons. The lowest BCUT2D eigenvalue weighted by atomic mass is 10.2. The summed E-state index contributed by atoms with van der Waals surface area (Å²) in [5.41, 5.74) is 0.598. The Hall–Kier alpha value is -1.53. The van der Waals surface area contributed by atoms with Gasteiger partial charge in [-0.2, -0.15) is 5.26 Å². The normalized spacial score (nSPS) is 10.1. The Morgan fingerprint density at radius 2 is 2.06 bits per heavy atom. The Bertz CT molecular complexity index is 357. The number of rotatable bonds is 6. The zero-order valence-electron chi connectivity index (χ0n) is 9.94. The van der Waals surface area contributed by atoms with Gasteiger partial charge in [0.2, 0.25) is 0 Å². The second kappa shape index (κ2) is 6.86. The van der Waals surface area contributed by atoms with Crippen LogP contribution in [-0.4, -0.2) is 31.6 Å². The van der Waals surface area contributed by atoms with Crippen LogP contribution < -0.4 is 4.74 Å². The van der Waals surface area contributed by atoms with Crippen molar-refractivity contribution in [2.45, 2.75) is 13.3 Å². The van der Waals surface area contributed by atoms with E-state index in [1.807, 2.05) is 18.2 Å². The maximum absolute atomic E-state index is 8.87. The summed E-state index contributed by atoms with van der Waals surface area (Å²) < 4.78 is 5.58. The summed E-state index contributed by atoms with van der Waals surface area (Å²) >= 11 is 0. The smallest absolute Gasteiger partial charge is 0.137 e. The van der Waals surface area contributed by atoms with Crippen molar-refractivity contribution >= 4 is 0 Å². The van der Waals surface area contributed by atoms with Gasteiger partial charge in [-0.15, -0.1) is 0 Å². The van der Waals surface area contributed by atoms with Crippen molar-refractivity contribution in [3.8, 4) is 11.8 Å². The molecule has 1 rings (SSSR count). The highest BCUT2D eigenvalue weighted by atomic mass is 16.5. The molecule has 0 bridgehead atoms. The van der Waals surface area contributed by atoms with Crippen LogP contribution in [0, 0.1) is 11.3 Å². The number of nitriles is 1. The molecule has 0 saturated heterocycles. The average Bonchev–Trinajstić information content (AvgIpc) is 2.30. The molecule has 0 aromatic heterocycles. The molecular formula is C13H18N2O. The van der Waals surface area contributed by atoms with Crippen molar-refractivity contribution in [1.29, 1.82) is 5.26 Å². The molecule has 0 unspecified atom stereocenters. The molecule has 3 nitrogen and oxygen atoms in total. The third-order valence-corrected chi connectivity index (χ3v) is 2.34. The van der Waals surface area contributed by atoms with E-state index in [0.717, 1.165) is 19.5 Å². The largest absolute Gasteiger partial charge is 0.491 e. The predicted octanol–water partition coefficient (Wildman–Crippen LogP) is 2.28. The van der Waals surface area contributed by atoms with E-state index in [4.69, 9.17) is 10.00 Å². The lowest BCUT2D eigenvalue weighted by Crippen LogP contribution is -2.25. The summed E-state index contributed by atoms with van der Waals surface area (Å²) in [4.78, 5) is 2.22. The zero-order chi connectivity index (χ0) is 11.8. The van der Waals surface area contributed by atoms with Crippen molar-refractivity contribution in [2.75, 3.05) is 26.7 Å². The molecule has 0 aliphatic heterocycles. The molecular weight excluding hydrogens is 200 g/mol. The molecule has 0 saturated carbocycles. The molecule has 86 valence electrons. The average molecular weight is 218 g/mol. The maximum Gasteiger partial charge on any atom is 0.137 e. The number of likely N-dealkylation sites (N-methyl/N-ethyl adjacent to an activating group) is 1. The maximum atomic E-state index is 8.87. The molecule has 0 aliphatic carbocycles. The fourth-order valence-electron chi connectivity index (χ4n) is 1.49. The van der Waals surface area contributed by atoms with Gasteiger partial charge in [0.1, 0.15) is 18.4 Å². The topological polar surface area (TPSA) is 36.3 Å². The highest BCUT2D eigenvalue weighted by Gasteiger charge is 2.02. The fraction of sp³-hybridized carbons (Fsp3) is 0.462. The predicted molar refractivity (Wildman–Crippen MR) is 64.4 cm³/mol. The lowest BCUT2D eigenvalue weighted by molar-refractivity contribution is 0.237. The number of benzene rings is 1. The van der Waals surface area contributed by atoms with Crippen molar-refractivity contribution in [1.82, 2.24) is 4.90 Å². The van der Waals surface area contributed by atoms with Crippen LogP contribution in [0.1, 0.15) is 18.9 Å². The van der Waals surface area contributed by atoms with E-state index in [9.17, 15) is 0 Å². The van der Waals surface area contributed by atoms with Gasteiger partial charge in [0.15, 0.2) is 0 Å². The lowest BCUT2D eigenvalue weighted by Gasteiger charge is -2.15. The van der Waals surface area contributed by atoms with Crippen LogP contribution in [0.25, 0.3) is 0 Å². The molecule has 0 heterocycles. The third kappa shape index (κ3) is 3.92. The van der Waals surface area contributed by atoms with Crippen LogP contribution >= 0.6 is 0 Å². The Balaban J connectivity index is 2.40. The summed E-state index contributed by atoms with van der Waals surface area (Å²) in [5, 5.41) is 8.87. The van der Waals surface area contributed by atoms with Crippen molar-refractivity contribution in [3.05, 3.63) is 29.8 Å². The standard InChI is InChI=1S/C13H18N2O/c1-3-8-15(2)9-10-16-13-7-5-4-6-12(13)11-14/h4-7H,3,8-10H2,1-2H3. The summed E-state index contributed by atoms with van der Waals surface area (Å²) in [7, 11) is 2.07. The van der Waals surface area contributed by atoms with Gasteiger partial charge in [-0.05, 0) is 32.1 Å². The second-order valence-electron chi connectivity index (χ2n) is 3.76. The molecule has 0 amide bonds. The Morgan fingerprint density at radius 3 is 2.75 bits per heavy atom. The minimum Gasteiger partial charge on any atom is -0.491 e. The summed E-state index contributed by atoms with van der Waals surface area (Å²) in [6, 6.07) is 9.44. The van der Waals surface area contributed by atoms with E-state index in [1.54, 1.807) is 6.07 Å². The number of nitrogens with zero attached hydrogens (tertiary/aromatic N) is 2. The van der Waals surface area contributed by atoms with Crippen LogP contribution in [0.5, 0.6) is 5.75 Å². The first-order chi connectivity index (χ1) is 7.77. The molecule has 0 N–H and O–H groups in total. The molecule has 0 fully saturated rings. The molecule has 3 heteroatoms. The van der Waals surface area contributed by atoms with Gasteiger partial charge < -0.3 is 9.64 Å². The number of hydrogen-bond acceptors (Lipinski definition) is 3. The van der Waals surface area contributed by atoms with E-state index in [-0.39, 0.29) is 0 Å². The van der Waals surface area contributed by atoms with Gasteiger partial charge >= 0.3 is 0 Å². The molecule has 1 aromatic rings. The van der Waals surface area contributed by atoms with Crippen LogP contribution in [0.4, 0.5) is 0 Å². The van der Waals surface area contributed by atoms with E-state index in [2.05, 4.69) is 24.9 Å². The fourth-order valence-corrected chi connectivity index (χ4v) is 1.49. The molecule has 16 heavy (non-hydrogen) atoms. The van der Waals surface area contributed by atoms with E-state index >= 15 is 0 Å². The van der Waals surface area contributed by atoms with E-state index < -0.39 is 0 Å². The van der Waals surface area contributed by atoms with Crippen molar-refractivity contribution < 1.29 is 4.74 Å². The van der Waals surface area contributed by atoms with Gasteiger partial charge in [0.05, 0.1) is 5.56 Å². The molecule has 0 spiro atoms. The summed E-state index contributed by atoms with van der Waals surface area (Å²) in [6.45, 7) is 4.73.